The minimum absolute atomic E-state index is 0.0254. The second kappa shape index (κ2) is 6.87. The van der Waals surface area contributed by atoms with Crippen LogP contribution in [0.3, 0.4) is 0 Å². The molecular formula is C17H16F2N3O2. The predicted octanol–water partition coefficient (Wildman–Crippen LogP) is 2.48. The van der Waals surface area contributed by atoms with Gasteiger partial charge >= 0.3 is 6.09 Å². The number of nitrogens with zero attached hydrogens (tertiary/aromatic N) is 2. The van der Waals surface area contributed by atoms with Crippen molar-refractivity contribution >= 4 is 11.8 Å². The van der Waals surface area contributed by atoms with E-state index in [9.17, 15) is 13.6 Å². The van der Waals surface area contributed by atoms with E-state index >= 15 is 0 Å². The van der Waals surface area contributed by atoms with Gasteiger partial charge in [0, 0.05) is 19.0 Å². The molecule has 0 aliphatic carbocycles. The van der Waals surface area contributed by atoms with Crippen LogP contribution in [0.5, 0.6) is 0 Å². The lowest BCUT2D eigenvalue weighted by Crippen LogP contribution is -2.38. The lowest BCUT2D eigenvalue weighted by molar-refractivity contribution is 0.154. The van der Waals surface area contributed by atoms with Crippen LogP contribution in [0.2, 0.25) is 0 Å². The second-order valence-electron chi connectivity index (χ2n) is 5.71. The molecule has 5 nitrogen and oxygen atoms in total. The Morgan fingerprint density at radius 3 is 2.92 bits per heavy atom. The molecule has 2 aliphatic rings. The van der Waals surface area contributed by atoms with Gasteiger partial charge in [-0.3, -0.25) is 0 Å². The average Bonchev–Trinajstić information content (AvgIpc) is 2.95. The third-order valence-corrected chi connectivity index (χ3v) is 4.10. The smallest absolute Gasteiger partial charge is 0.407 e. The number of carbonyl (C=O) groups excluding carboxylic acids is 1. The molecule has 0 aromatic heterocycles. The highest BCUT2D eigenvalue weighted by Crippen LogP contribution is 2.28. The summed E-state index contributed by atoms with van der Waals surface area (Å²) in [7, 11) is 0. The number of nitrogens with one attached hydrogen (secondary N) is 1. The first kappa shape index (κ1) is 16.2. The van der Waals surface area contributed by atoms with Crippen LogP contribution in [0.15, 0.2) is 29.8 Å². The molecule has 24 heavy (non-hydrogen) atoms. The minimum atomic E-state index is -1.27. The van der Waals surface area contributed by atoms with Crippen LogP contribution in [-0.4, -0.2) is 38.0 Å². The van der Waals surface area contributed by atoms with E-state index in [2.05, 4.69) is 5.32 Å². The van der Waals surface area contributed by atoms with Crippen molar-refractivity contribution in [2.75, 3.05) is 24.5 Å². The number of allylic oxidation sites excluding steroid dienone is 1. The third-order valence-electron chi connectivity index (χ3n) is 4.10. The van der Waals surface area contributed by atoms with Crippen LogP contribution < -0.4 is 10.2 Å². The van der Waals surface area contributed by atoms with Gasteiger partial charge < -0.3 is 15.0 Å². The van der Waals surface area contributed by atoms with Gasteiger partial charge in [0.15, 0.2) is 0 Å². The maximum absolute atomic E-state index is 14.4. The van der Waals surface area contributed by atoms with Gasteiger partial charge in [-0.25, -0.2) is 13.6 Å². The highest BCUT2D eigenvalue weighted by molar-refractivity contribution is 5.69. The van der Waals surface area contributed by atoms with Crippen molar-refractivity contribution in [1.29, 1.82) is 5.26 Å². The minimum Gasteiger partial charge on any atom is -0.444 e. The first-order chi connectivity index (χ1) is 11.6. The molecule has 2 fully saturated rings. The highest BCUT2D eigenvalue weighted by atomic mass is 19.1. The number of cyclic esters (lactones) is 1. The number of alkyl carbamates (subject to hydrolysis) is 1. The molecule has 1 amide bonds. The van der Waals surface area contributed by atoms with Gasteiger partial charge in [0.25, 0.3) is 0 Å². The molecule has 2 atom stereocenters. The monoisotopic (exact) mass is 332 g/mol. The van der Waals surface area contributed by atoms with Crippen molar-refractivity contribution in [2.24, 2.45) is 0 Å². The molecule has 2 heterocycles. The molecule has 2 aliphatic heterocycles. The van der Waals surface area contributed by atoms with Gasteiger partial charge in [-0.05, 0) is 29.7 Å². The zero-order valence-electron chi connectivity index (χ0n) is 12.8. The van der Waals surface area contributed by atoms with Crippen LogP contribution in [0, 0.1) is 23.6 Å². The Labute approximate surface area is 138 Å². The van der Waals surface area contributed by atoms with Gasteiger partial charge in [0.2, 0.25) is 0 Å². The van der Waals surface area contributed by atoms with E-state index in [1.54, 1.807) is 23.5 Å². The lowest BCUT2D eigenvalue weighted by atomic mass is 10.0. The largest absolute Gasteiger partial charge is 0.444 e. The van der Waals surface area contributed by atoms with Crippen LogP contribution in [0.1, 0.15) is 12.0 Å². The van der Waals surface area contributed by atoms with E-state index in [1.807, 2.05) is 6.07 Å². The number of rotatable bonds is 3. The van der Waals surface area contributed by atoms with E-state index in [0.29, 0.717) is 36.3 Å². The molecule has 0 bridgehead atoms. The van der Waals surface area contributed by atoms with Crippen molar-refractivity contribution in [3.63, 3.8) is 0 Å². The molecule has 2 saturated heterocycles. The average molecular weight is 332 g/mol. The number of hydrogen-bond acceptors (Lipinski definition) is 4. The van der Waals surface area contributed by atoms with Crippen molar-refractivity contribution in [3.8, 4) is 6.07 Å². The quantitative estimate of drug-likeness (QED) is 0.864. The van der Waals surface area contributed by atoms with Crippen LogP contribution in [-0.2, 0) is 4.74 Å². The van der Waals surface area contributed by atoms with E-state index in [4.69, 9.17) is 10.00 Å². The fourth-order valence-corrected chi connectivity index (χ4v) is 2.88. The fourth-order valence-electron chi connectivity index (χ4n) is 2.88. The molecule has 7 heteroatoms. The zero-order chi connectivity index (χ0) is 17.1. The van der Waals surface area contributed by atoms with Gasteiger partial charge in [-0.15, -0.1) is 0 Å². The Morgan fingerprint density at radius 2 is 2.29 bits per heavy atom. The first-order valence-electron chi connectivity index (χ1n) is 7.63. The SMILES string of the molecule is N#CC=C1CCN(c2ccc([CH]C3CNC(=O)O3)cc2F)CC1F. The molecule has 0 saturated carbocycles. The number of halogens is 2. The molecular weight excluding hydrogens is 316 g/mol. The highest BCUT2D eigenvalue weighted by Gasteiger charge is 2.26. The Bertz CT molecular complexity index is 714. The van der Waals surface area contributed by atoms with Gasteiger partial charge in [-0.2, -0.15) is 5.26 Å². The standard InChI is InChI=1S/C17H16F2N3O2/c18-14-8-11(7-13-9-21-17(23)24-13)1-2-16(14)22-6-4-12(3-5-20)15(19)10-22/h1-3,7-8,13,15H,4,6,9-10H2,(H,21,23). The van der Waals surface area contributed by atoms with Crippen LogP contribution in [0.25, 0.3) is 0 Å². The number of ether oxygens (including phenoxy) is 1. The summed E-state index contributed by atoms with van der Waals surface area (Å²) in [6, 6.07) is 6.48. The van der Waals surface area contributed by atoms with Crippen molar-refractivity contribution in [2.45, 2.75) is 18.7 Å². The van der Waals surface area contributed by atoms with Crippen molar-refractivity contribution in [1.82, 2.24) is 5.32 Å². The fraction of sp³-hybridized carbons (Fsp3) is 0.353. The second-order valence-corrected chi connectivity index (χ2v) is 5.71. The molecule has 1 N–H and O–H groups in total. The van der Waals surface area contributed by atoms with Crippen molar-refractivity contribution in [3.05, 3.63) is 47.6 Å². The zero-order valence-corrected chi connectivity index (χ0v) is 12.8. The van der Waals surface area contributed by atoms with Gasteiger partial charge in [0.05, 0.1) is 24.8 Å². The first-order valence-corrected chi connectivity index (χ1v) is 7.63. The summed E-state index contributed by atoms with van der Waals surface area (Å²) in [4.78, 5) is 12.6. The molecule has 0 spiro atoms. The molecule has 2 unspecified atom stereocenters. The predicted molar refractivity (Wildman–Crippen MR) is 83.5 cm³/mol. The summed E-state index contributed by atoms with van der Waals surface area (Å²) in [6.07, 6.45) is 1.10. The van der Waals surface area contributed by atoms with E-state index in [1.165, 1.54) is 12.1 Å². The number of benzene rings is 1. The maximum Gasteiger partial charge on any atom is 0.407 e. The maximum atomic E-state index is 14.4. The Balaban J connectivity index is 1.68. The third kappa shape index (κ3) is 3.48. The summed E-state index contributed by atoms with van der Waals surface area (Å²) in [5, 5.41) is 11.1. The summed E-state index contributed by atoms with van der Waals surface area (Å²) >= 11 is 0. The van der Waals surface area contributed by atoms with Gasteiger partial charge in [-0.1, -0.05) is 6.07 Å². The Kier molecular flexibility index (Phi) is 4.65. The summed E-state index contributed by atoms with van der Waals surface area (Å²) in [5.41, 5.74) is 1.37. The Morgan fingerprint density at radius 1 is 1.46 bits per heavy atom. The summed E-state index contributed by atoms with van der Waals surface area (Å²) < 4.78 is 33.4. The van der Waals surface area contributed by atoms with Crippen LogP contribution in [0.4, 0.5) is 19.3 Å². The molecule has 3 rings (SSSR count). The number of nitriles is 1. The molecule has 125 valence electrons. The van der Waals surface area contributed by atoms with Crippen LogP contribution >= 0.6 is 0 Å². The number of hydrogen-bond donors (Lipinski definition) is 1. The number of anilines is 1. The van der Waals surface area contributed by atoms with Gasteiger partial charge in [0.1, 0.15) is 18.1 Å². The van der Waals surface area contributed by atoms with Crippen molar-refractivity contribution < 1.29 is 18.3 Å². The normalized spacial score (nSPS) is 25.3. The number of piperidine rings is 1. The van der Waals surface area contributed by atoms with E-state index in [0.717, 1.165) is 0 Å². The Hall–Kier alpha value is -2.62. The topological polar surface area (TPSA) is 65.4 Å². The number of carbonyl (C=O) groups is 1. The number of alkyl halides is 1. The lowest BCUT2D eigenvalue weighted by Gasteiger charge is -2.32. The molecule has 1 radical (unpaired) electrons. The number of amides is 1. The van der Waals surface area contributed by atoms with E-state index in [-0.39, 0.29) is 6.54 Å². The van der Waals surface area contributed by atoms with E-state index < -0.39 is 24.2 Å². The molecule has 1 aromatic carbocycles. The summed E-state index contributed by atoms with van der Waals surface area (Å²) in [5.74, 6) is -0.457. The summed E-state index contributed by atoms with van der Waals surface area (Å²) in [6.45, 7) is 0.835. The molecule has 1 aromatic rings.